The van der Waals surface area contributed by atoms with E-state index in [-0.39, 0.29) is 17.6 Å². The number of aliphatic hydroxyl groups is 1. The van der Waals surface area contributed by atoms with E-state index in [1.807, 2.05) is 24.3 Å². The van der Waals surface area contributed by atoms with Crippen LogP contribution in [0.15, 0.2) is 24.3 Å². The van der Waals surface area contributed by atoms with Crippen molar-refractivity contribution in [1.29, 1.82) is 0 Å². The van der Waals surface area contributed by atoms with Crippen LogP contribution in [-0.2, 0) is 16.0 Å². The number of amides is 1. The van der Waals surface area contributed by atoms with Crippen molar-refractivity contribution in [3.05, 3.63) is 29.8 Å². The third-order valence-electron chi connectivity index (χ3n) is 5.58. The number of likely N-dealkylation sites (tertiary alicyclic amines) is 1. The smallest absolute Gasteiger partial charge is 0.234 e. The van der Waals surface area contributed by atoms with Gasteiger partial charge in [0, 0.05) is 26.2 Å². The molecular formula is C20H30N2O4. The molecule has 0 aromatic heterocycles. The minimum absolute atomic E-state index is 0.0552. The van der Waals surface area contributed by atoms with E-state index in [2.05, 4.69) is 10.2 Å². The highest BCUT2D eigenvalue weighted by atomic mass is 16.5. The summed E-state index contributed by atoms with van der Waals surface area (Å²) >= 11 is 0. The van der Waals surface area contributed by atoms with E-state index in [1.54, 1.807) is 7.11 Å². The molecule has 2 aliphatic rings. The first-order valence-electron chi connectivity index (χ1n) is 9.55. The van der Waals surface area contributed by atoms with Crippen molar-refractivity contribution < 1.29 is 19.4 Å². The number of nitrogens with zero attached hydrogens (tertiary/aromatic N) is 1. The third-order valence-corrected chi connectivity index (χ3v) is 5.58. The maximum atomic E-state index is 12.2. The van der Waals surface area contributed by atoms with Crippen LogP contribution in [0, 0.1) is 0 Å². The molecule has 2 fully saturated rings. The largest absolute Gasteiger partial charge is 0.497 e. The Labute approximate surface area is 155 Å². The lowest BCUT2D eigenvalue weighted by Crippen LogP contribution is -2.56. The second-order valence-electron chi connectivity index (χ2n) is 7.30. The van der Waals surface area contributed by atoms with Crippen molar-refractivity contribution in [2.24, 2.45) is 0 Å². The summed E-state index contributed by atoms with van der Waals surface area (Å²) in [6.07, 6.45) is 3.80. The summed E-state index contributed by atoms with van der Waals surface area (Å²) in [5.74, 6) is 0.896. The highest BCUT2D eigenvalue weighted by Crippen LogP contribution is 2.35. The van der Waals surface area contributed by atoms with Crippen LogP contribution >= 0.6 is 0 Å². The predicted octanol–water partition coefficient (Wildman–Crippen LogP) is 1.36. The molecule has 1 spiro atoms. The number of hydrogen-bond acceptors (Lipinski definition) is 5. The topological polar surface area (TPSA) is 71.0 Å². The summed E-state index contributed by atoms with van der Waals surface area (Å²) < 4.78 is 11.1. The Morgan fingerprint density at radius 3 is 2.73 bits per heavy atom. The van der Waals surface area contributed by atoms with Crippen LogP contribution in [0.5, 0.6) is 5.75 Å². The van der Waals surface area contributed by atoms with E-state index >= 15 is 0 Å². The van der Waals surface area contributed by atoms with Crippen LogP contribution in [0.2, 0.25) is 0 Å². The van der Waals surface area contributed by atoms with E-state index in [1.165, 1.54) is 5.56 Å². The van der Waals surface area contributed by atoms with Gasteiger partial charge in [-0.2, -0.15) is 0 Å². The Balaban J connectivity index is 1.36. The van der Waals surface area contributed by atoms with Gasteiger partial charge in [0.25, 0.3) is 0 Å². The molecule has 1 aromatic rings. The summed E-state index contributed by atoms with van der Waals surface area (Å²) in [4.78, 5) is 14.3. The lowest BCUT2D eigenvalue weighted by atomic mass is 9.82. The highest BCUT2D eigenvalue weighted by molar-refractivity contribution is 5.78. The first-order chi connectivity index (χ1) is 12.6. The third kappa shape index (κ3) is 4.75. The van der Waals surface area contributed by atoms with Crippen molar-refractivity contribution in [3.8, 4) is 5.75 Å². The Bertz CT molecular complexity index is 582. The lowest BCUT2D eigenvalue weighted by Gasteiger charge is -2.46. The average molecular weight is 362 g/mol. The van der Waals surface area contributed by atoms with Crippen LogP contribution in [0.3, 0.4) is 0 Å². The maximum Gasteiger partial charge on any atom is 0.234 e. The molecule has 0 saturated carbocycles. The number of benzene rings is 1. The maximum absolute atomic E-state index is 12.2. The quantitative estimate of drug-likeness (QED) is 0.800. The molecule has 0 unspecified atom stereocenters. The number of nitrogens with one attached hydrogen (secondary N) is 1. The van der Waals surface area contributed by atoms with Crippen LogP contribution in [0.1, 0.15) is 31.2 Å². The van der Waals surface area contributed by atoms with Crippen LogP contribution < -0.4 is 10.1 Å². The molecule has 0 aliphatic carbocycles. The molecule has 2 saturated heterocycles. The standard InChI is InChI=1S/C20H30N2O4/c1-25-17-6-4-16(5-7-17)8-11-21-19(24)15-22-12-9-20(10-13-22)18(23)3-2-14-26-20/h4-7,18,23H,2-3,8-15H2,1H3,(H,21,24)/t18-/m0/s1. The van der Waals surface area contributed by atoms with Gasteiger partial charge in [-0.3, -0.25) is 9.69 Å². The van der Waals surface area contributed by atoms with E-state index in [4.69, 9.17) is 9.47 Å². The van der Waals surface area contributed by atoms with E-state index in [0.29, 0.717) is 13.1 Å². The van der Waals surface area contributed by atoms with Gasteiger partial charge in [-0.25, -0.2) is 0 Å². The van der Waals surface area contributed by atoms with Gasteiger partial charge in [-0.1, -0.05) is 12.1 Å². The summed E-state index contributed by atoms with van der Waals surface area (Å²) in [7, 11) is 1.65. The monoisotopic (exact) mass is 362 g/mol. The van der Waals surface area contributed by atoms with Gasteiger partial charge in [-0.05, 0) is 49.8 Å². The molecule has 1 amide bonds. The summed E-state index contributed by atoms with van der Waals surface area (Å²) in [6, 6.07) is 7.90. The average Bonchev–Trinajstić information content (AvgIpc) is 2.67. The molecule has 0 radical (unpaired) electrons. The number of piperidine rings is 1. The van der Waals surface area contributed by atoms with Gasteiger partial charge in [-0.15, -0.1) is 0 Å². The molecule has 0 bridgehead atoms. The molecular weight excluding hydrogens is 332 g/mol. The van der Waals surface area contributed by atoms with Gasteiger partial charge in [0.2, 0.25) is 5.91 Å². The number of carbonyl (C=O) groups is 1. The molecule has 1 atom stereocenters. The lowest BCUT2D eigenvalue weighted by molar-refractivity contribution is -0.177. The summed E-state index contributed by atoms with van der Waals surface area (Å²) in [5.41, 5.74) is 0.800. The van der Waals surface area contributed by atoms with Gasteiger partial charge >= 0.3 is 0 Å². The highest BCUT2D eigenvalue weighted by Gasteiger charge is 2.43. The molecule has 2 aliphatic heterocycles. The zero-order chi connectivity index (χ0) is 18.4. The molecule has 6 nitrogen and oxygen atoms in total. The van der Waals surface area contributed by atoms with Gasteiger partial charge < -0.3 is 19.9 Å². The zero-order valence-corrected chi connectivity index (χ0v) is 15.6. The minimum Gasteiger partial charge on any atom is -0.497 e. The van der Waals surface area contributed by atoms with Gasteiger partial charge in [0.15, 0.2) is 0 Å². The molecule has 2 N–H and O–H groups in total. The number of carbonyl (C=O) groups excluding carboxylic acids is 1. The zero-order valence-electron chi connectivity index (χ0n) is 15.6. The van der Waals surface area contributed by atoms with Gasteiger partial charge in [0.05, 0.1) is 25.4 Å². The van der Waals surface area contributed by atoms with Crippen LogP contribution in [-0.4, -0.2) is 67.5 Å². The SMILES string of the molecule is COc1ccc(CCNC(=O)CN2CCC3(CC2)OCCC[C@@H]3O)cc1. The summed E-state index contributed by atoms with van der Waals surface area (Å²) in [5, 5.41) is 13.3. The number of ether oxygens (including phenoxy) is 2. The van der Waals surface area contributed by atoms with Crippen molar-refractivity contribution in [1.82, 2.24) is 10.2 Å². The van der Waals surface area contributed by atoms with Crippen LogP contribution in [0.4, 0.5) is 0 Å². The first-order valence-corrected chi connectivity index (χ1v) is 9.55. The van der Waals surface area contributed by atoms with Crippen LogP contribution in [0.25, 0.3) is 0 Å². The molecule has 3 rings (SSSR count). The minimum atomic E-state index is -0.375. The second-order valence-corrected chi connectivity index (χ2v) is 7.30. The second kappa shape index (κ2) is 8.84. The number of hydrogen-bond donors (Lipinski definition) is 2. The first kappa shape index (κ1) is 19.1. The Kier molecular flexibility index (Phi) is 6.51. The fourth-order valence-corrected chi connectivity index (χ4v) is 3.88. The van der Waals surface area contributed by atoms with Crippen molar-refractivity contribution in [2.45, 2.75) is 43.8 Å². The molecule has 1 aromatic carbocycles. The van der Waals surface area contributed by atoms with Crippen molar-refractivity contribution in [2.75, 3.05) is 39.9 Å². The Morgan fingerprint density at radius 2 is 2.08 bits per heavy atom. The molecule has 6 heteroatoms. The number of rotatable bonds is 6. The predicted molar refractivity (Wildman–Crippen MR) is 99.3 cm³/mol. The fourth-order valence-electron chi connectivity index (χ4n) is 3.88. The number of methoxy groups -OCH3 is 1. The molecule has 26 heavy (non-hydrogen) atoms. The Morgan fingerprint density at radius 1 is 1.35 bits per heavy atom. The van der Waals surface area contributed by atoms with Crippen molar-refractivity contribution >= 4 is 5.91 Å². The summed E-state index contributed by atoms with van der Waals surface area (Å²) in [6.45, 7) is 3.37. The normalized spacial score (nSPS) is 22.9. The number of aliphatic hydroxyl groups excluding tert-OH is 1. The van der Waals surface area contributed by atoms with Crippen molar-refractivity contribution in [3.63, 3.8) is 0 Å². The van der Waals surface area contributed by atoms with E-state index < -0.39 is 0 Å². The van der Waals surface area contributed by atoms with E-state index in [0.717, 1.165) is 57.6 Å². The van der Waals surface area contributed by atoms with Gasteiger partial charge in [0.1, 0.15) is 5.75 Å². The Hall–Kier alpha value is -1.63. The van der Waals surface area contributed by atoms with E-state index in [9.17, 15) is 9.90 Å². The fraction of sp³-hybridized carbons (Fsp3) is 0.650. The molecule has 2 heterocycles. The molecule has 144 valence electrons.